The number of alkyl halides is 3. The van der Waals surface area contributed by atoms with E-state index in [0.29, 0.717) is 11.3 Å². The van der Waals surface area contributed by atoms with Crippen LogP contribution in [0.25, 0.3) is 11.5 Å². The van der Waals surface area contributed by atoms with Crippen molar-refractivity contribution in [2.75, 3.05) is 4.90 Å². The zero-order valence-corrected chi connectivity index (χ0v) is 13.3. The molecule has 0 fully saturated rings. The van der Waals surface area contributed by atoms with E-state index in [2.05, 4.69) is 14.6 Å². The summed E-state index contributed by atoms with van der Waals surface area (Å²) in [5, 5.41) is 6.38. The molecule has 3 rings (SSSR count). The van der Waals surface area contributed by atoms with Crippen molar-refractivity contribution in [3.8, 4) is 11.5 Å². The lowest BCUT2D eigenvalue weighted by atomic mass is 10.1. The lowest BCUT2D eigenvalue weighted by Crippen LogP contribution is -2.35. The highest BCUT2D eigenvalue weighted by atomic mass is 19.4. The predicted molar refractivity (Wildman–Crippen MR) is 86.9 cm³/mol. The third kappa shape index (κ3) is 3.82. The molecule has 0 aliphatic heterocycles. The summed E-state index contributed by atoms with van der Waals surface area (Å²) in [6, 6.07) is 14.6. The second kappa shape index (κ2) is 6.87. The standard InChI is InChI=1S/C17H13F3N4O2/c18-17(19,20)15-23-22-14(26-15)12-8-6-11(7-9-12)10-24(16(21)25)13-4-2-1-3-5-13/h1-9H,10H2,(H2,21,25). The molecule has 9 heteroatoms. The fourth-order valence-corrected chi connectivity index (χ4v) is 2.29. The van der Waals surface area contributed by atoms with Gasteiger partial charge in [0.2, 0.25) is 5.89 Å². The molecule has 0 atom stereocenters. The van der Waals surface area contributed by atoms with Crippen LogP contribution in [-0.2, 0) is 12.7 Å². The third-order valence-electron chi connectivity index (χ3n) is 3.54. The summed E-state index contributed by atoms with van der Waals surface area (Å²) in [7, 11) is 0. The van der Waals surface area contributed by atoms with Gasteiger partial charge in [0.25, 0.3) is 0 Å². The summed E-state index contributed by atoms with van der Waals surface area (Å²) in [5.74, 6) is -1.64. The first-order valence-electron chi connectivity index (χ1n) is 7.46. The molecule has 134 valence electrons. The van der Waals surface area contributed by atoms with Crippen molar-refractivity contribution in [2.24, 2.45) is 5.73 Å². The number of hydrogen-bond acceptors (Lipinski definition) is 4. The molecular weight excluding hydrogens is 349 g/mol. The Balaban J connectivity index is 1.79. The molecule has 0 saturated carbocycles. The van der Waals surface area contributed by atoms with E-state index < -0.39 is 18.1 Å². The van der Waals surface area contributed by atoms with Crippen molar-refractivity contribution in [1.82, 2.24) is 10.2 Å². The van der Waals surface area contributed by atoms with E-state index in [-0.39, 0.29) is 12.4 Å². The third-order valence-corrected chi connectivity index (χ3v) is 3.54. The smallest absolute Gasteiger partial charge is 0.413 e. The highest BCUT2D eigenvalue weighted by Crippen LogP contribution is 2.30. The van der Waals surface area contributed by atoms with E-state index in [1.165, 1.54) is 17.0 Å². The Bertz CT molecular complexity index is 892. The van der Waals surface area contributed by atoms with Crippen molar-refractivity contribution in [2.45, 2.75) is 12.7 Å². The molecule has 0 aliphatic rings. The lowest BCUT2D eigenvalue weighted by molar-refractivity contribution is -0.156. The lowest BCUT2D eigenvalue weighted by Gasteiger charge is -2.20. The van der Waals surface area contributed by atoms with Gasteiger partial charge in [-0.15, -0.1) is 10.2 Å². The highest BCUT2D eigenvalue weighted by Gasteiger charge is 2.38. The van der Waals surface area contributed by atoms with E-state index >= 15 is 0 Å². The van der Waals surface area contributed by atoms with Gasteiger partial charge < -0.3 is 10.2 Å². The number of aromatic nitrogens is 2. The first-order chi connectivity index (χ1) is 12.3. The molecule has 0 spiro atoms. The number of amides is 2. The zero-order valence-electron chi connectivity index (χ0n) is 13.3. The summed E-state index contributed by atoms with van der Waals surface area (Å²) >= 11 is 0. The van der Waals surface area contributed by atoms with Gasteiger partial charge in [0.05, 0.1) is 6.54 Å². The van der Waals surface area contributed by atoms with Crippen molar-refractivity contribution in [3.63, 3.8) is 0 Å². The molecule has 2 aromatic carbocycles. The van der Waals surface area contributed by atoms with Gasteiger partial charge in [0.1, 0.15) is 0 Å². The van der Waals surface area contributed by atoms with Gasteiger partial charge >= 0.3 is 18.1 Å². The van der Waals surface area contributed by atoms with Crippen LogP contribution in [0.2, 0.25) is 0 Å². The molecule has 2 amide bonds. The number of carbonyl (C=O) groups is 1. The highest BCUT2D eigenvalue weighted by molar-refractivity contribution is 5.90. The number of nitrogens with zero attached hydrogens (tertiary/aromatic N) is 3. The van der Waals surface area contributed by atoms with Crippen LogP contribution in [0.3, 0.4) is 0 Å². The molecule has 26 heavy (non-hydrogen) atoms. The molecule has 0 radical (unpaired) electrons. The van der Waals surface area contributed by atoms with Crippen LogP contribution in [-0.4, -0.2) is 16.2 Å². The van der Waals surface area contributed by atoms with E-state index in [4.69, 9.17) is 5.73 Å². The Morgan fingerprint density at radius 2 is 1.69 bits per heavy atom. The second-order valence-electron chi connectivity index (χ2n) is 5.37. The molecular formula is C17H13F3N4O2. The number of halogens is 3. The van der Waals surface area contributed by atoms with Gasteiger partial charge in [-0.05, 0) is 29.8 Å². The Labute approximate surface area is 146 Å². The van der Waals surface area contributed by atoms with Gasteiger partial charge in [-0.2, -0.15) is 13.2 Å². The maximum atomic E-state index is 12.5. The summed E-state index contributed by atoms with van der Waals surface area (Å²) in [5.41, 5.74) is 7.13. The number of carbonyl (C=O) groups excluding carboxylic acids is 1. The minimum Gasteiger partial charge on any atom is -0.413 e. The van der Waals surface area contributed by atoms with Gasteiger partial charge in [0.15, 0.2) is 0 Å². The Morgan fingerprint density at radius 3 is 2.23 bits per heavy atom. The number of hydrogen-bond donors (Lipinski definition) is 1. The van der Waals surface area contributed by atoms with Crippen LogP contribution < -0.4 is 10.6 Å². The first-order valence-corrected chi connectivity index (χ1v) is 7.46. The van der Waals surface area contributed by atoms with Gasteiger partial charge in [-0.1, -0.05) is 30.3 Å². The minimum absolute atomic E-state index is 0.206. The number of benzene rings is 2. The summed E-state index contributed by atoms with van der Waals surface area (Å²) in [6.45, 7) is 0.206. The molecule has 0 unspecified atom stereocenters. The van der Waals surface area contributed by atoms with Crippen LogP contribution in [0.1, 0.15) is 11.5 Å². The van der Waals surface area contributed by atoms with E-state index in [0.717, 1.165) is 5.56 Å². The van der Waals surface area contributed by atoms with Crippen LogP contribution in [0.5, 0.6) is 0 Å². The Kier molecular flexibility index (Phi) is 4.61. The van der Waals surface area contributed by atoms with Crippen molar-refractivity contribution in [1.29, 1.82) is 0 Å². The number of urea groups is 1. The number of rotatable bonds is 4. The second-order valence-corrected chi connectivity index (χ2v) is 5.37. The number of primary amides is 1. The summed E-state index contributed by atoms with van der Waals surface area (Å²) < 4.78 is 42.2. The fourth-order valence-electron chi connectivity index (χ4n) is 2.29. The average molecular weight is 362 g/mol. The summed E-state index contributed by atoms with van der Waals surface area (Å²) in [6.07, 6.45) is -4.69. The quantitative estimate of drug-likeness (QED) is 0.764. The fraction of sp³-hybridized carbons (Fsp3) is 0.118. The van der Waals surface area contributed by atoms with Crippen molar-refractivity contribution < 1.29 is 22.4 Å². The van der Waals surface area contributed by atoms with E-state index in [1.807, 2.05) is 6.07 Å². The van der Waals surface area contributed by atoms with Crippen LogP contribution in [0, 0.1) is 0 Å². The maximum Gasteiger partial charge on any atom is 0.470 e. The molecule has 3 aromatic rings. The maximum absolute atomic E-state index is 12.5. The number of para-hydroxylation sites is 1. The monoisotopic (exact) mass is 362 g/mol. The molecule has 0 aliphatic carbocycles. The van der Waals surface area contributed by atoms with Crippen LogP contribution in [0.15, 0.2) is 59.0 Å². The molecule has 0 saturated heterocycles. The molecule has 1 aromatic heterocycles. The Morgan fingerprint density at radius 1 is 1.04 bits per heavy atom. The van der Waals surface area contributed by atoms with Crippen molar-refractivity contribution in [3.05, 3.63) is 66.1 Å². The molecule has 1 heterocycles. The van der Waals surface area contributed by atoms with Crippen molar-refractivity contribution >= 4 is 11.7 Å². The van der Waals surface area contributed by atoms with Crippen LogP contribution >= 0.6 is 0 Å². The minimum atomic E-state index is -4.69. The number of anilines is 1. The summed E-state index contributed by atoms with van der Waals surface area (Å²) in [4.78, 5) is 13.1. The van der Waals surface area contributed by atoms with E-state index in [9.17, 15) is 18.0 Å². The first kappa shape index (κ1) is 17.5. The Hall–Kier alpha value is -3.36. The van der Waals surface area contributed by atoms with Crippen LogP contribution in [0.4, 0.5) is 23.7 Å². The topological polar surface area (TPSA) is 85.3 Å². The average Bonchev–Trinajstić information content (AvgIpc) is 3.11. The zero-order chi connectivity index (χ0) is 18.7. The SMILES string of the molecule is NC(=O)N(Cc1ccc(-c2nnc(C(F)(F)F)o2)cc1)c1ccccc1. The molecule has 6 nitrogen and oxygen atoms in total. The van der Waals surface area contributed by atoms with Gasteiger partial charge in [0, 0.05) is 11.3 Å². The number of nitrogens with two attached hydrogens (primary N) is 1. The van der Waals surface area contributed by atoms with Gasteiger partial charge in [-0.25, -0.2) is 4.79 Å². The molecule has 2 N–H and O–H groups in total. The molecule has 0 bridgehead atoms. The largest absolute Gasteiger partial charge is 0.470 e. The predicted octanol–water partition coefficient (Wildman–Crippen LogP) is 3.84. The van der Waals surface area contributed by atoms with Gasteiger partial charge in [-0.3, -0.25) is 4.90 Å². The normalized spacial score (nSPS) is 11.3. The van der Waals surface area contributed by atoms with E-state index in [1.54, 1.807) is 36.4 Å².